The van der Waals surface area contributed by atoms with Crippen LogP contribution >= 0.6 is 11.3 Å². The van der Waals surface area contributed by atoms with Gasteiger partial charge in [0, 0.05) is 10.4 Å². The van der Waals surface area contributed by atoms with Gasteiger partial charge in [0.05, 0.1) is 23.7 Å². The van der Waals surface area contributed by atoms with Gasteiger partial charge in [-0.05, 0) is 43.2 Å². The number of rotatable bonds is 7. The molecule has 0 aliphatic carbocycles. The molecule has 1 N–H and O–H groups in total. The Balaban J connectivity index is 1.87. The zero-order valence-corrected chi connectivity index (χ0v) is 17.5. The van der Waals surface area contributed by atoms with Gasteiger partial charge in [0.2, 0.25) is 0 Å². The highest BCUT2D eigenvalue weighted by Gasteiger charge is 2.32. The van der Waals surface area contributed by atoms with Crippen LogP contribution in [0.5, 0.6) is 5.75 Å². The van der Waals surface area contributed by atoms with Crippen LogP contribution in [0, 0.1) is 0 Å². The van der Waals surface area contributed by atoms with Crippen molar-refractivity contribution in [2.75, 3.05) is 24.3 Å². The Morgan fingerprint density at radius 2 is 2.00 bits per heavy atom. The van der Waals surface area contributed by atoms with Crippen molar-refractivity contribution in [3.63, 3.8) is 0 Å². The van der Waals surface area contributed by atoms with Gasteiger partial charge in [0.15, 0.2) is 9.84 Å². The Bertz CT molecular complexity index is 1040. The fourth-order valence-electron chi connectivity index (χ4n) is 2.96. The number of thiophene rings is 1. The van der Waals surface area contributed by atoms with Crippen molar-refractivity contribution in [3.05, 3.63) is 58.5 Å². The molecule has 0 radical (unpaired) electrons. The second-order valence-electron chi connectivity index (χ2n) is 6.35. The van der Waals surface area contributed by atoms with Crippen LogP contribution in [0.25, 0.3) is 0 Å². The van der Waals surface area contributed by atoms with Gasteiger partial charge >= 0.3 is 5.97 Å². The zero-order chi connectivity index (χ0) is 21.0. The molecule has 2 heterocycles. The molecule has 7 nitrogen and oxygen atoms in total. The molecule has 0 bridgehead atoms. The monoisotopic (exact) mass is 435 g/mol. The highest BCUT2D eigenvalue weighted by atomic mass is 32.2. The molecule has 0 unspecified atom stereocenters. The number of carbonyl (C=O) groups excluding carboxylic acids is 2. The Labute approximate surface area is 173 Å². The average Bonchev–Trinajstić information content (AvgIpc) is 3.02. The van der Waals surface area contributed by atoms with E-state index in [0.29, 0.717) is 33.4 Å². The summed E-state index contributed by atoms with van der Waals surface area (Å²) in [6.07, 6.45) is 1.85. The number of hydrogen-bond donors (Lipinski definition) is 1. The van der Waals surface area contributed by atoms with Crippen LogP contribution in [-0.4, -0.2) is 39.3 Å². The molecule has 0 atom stereocenters. The molecule has 9 heteroatoms. The third-order valence-corrected chi connectivity index (χ3v) is 7.18. The second-order valence-corrected chi connectivity index (χ2v) is 9.64. The molecule has 0 saturated carbocycles. The minimum absolute atomic E-state index is 0.0251. The molecular weight excluding hydrogens is 414 g/mol. The topological polar surface area (TPSA) is 98.8 Å². The Morgan fingerprint density at radius 3 is 2.66 bits per heavy atom. The van der Waals surface area contributed by atoms with Crippen molar-refractivity contribution in [2.24, 2.45) is 0 Å². The van der Waals surface area contributed by atoms with E-state index in [0.717, 1.165) is 11.3 Å². The molecule has 29 heavy (non-hydrogen) atoms. The number of esters is 1. The van der Waals surface area contributed by atoms with Gasteiger partial charge in [-0.1, -0.05) is 12.7 Å². The number of fused-ring (bicyclic) bond motifs is 1. The van der Waals surface area contributed by atoms with Crippen LogP contribution in [0.3, 0.4) is 0 Å². The number of sulfone groups is 1. The predicted molar refractivity (Wildman–Crippen MR) is 112 cm³/mol. The number of ether oxygens (including phenoxy) is 2. The van der Waals surface area contributed by atoms with Gasteiger partial charge < -0.3 is 14.8 Å². The van der Waals surface area contributed by atoms with E-state index in [-0.39, 0.29) is 30.1 Å². The van der Waals surface area contributed by atoms with Crippen LogP contribution in [-0.2, 0) is 26.7 Å². The molecular formula is C20H21NO6S2. The van der Waals surface area contributed by atoms with E-state index in [9.17, 15) is 18.0 Å². The lowest BCUT2D eigenvalue weighted by molar-refractivity contribution is 0.0527. The second kappa shape index (κ2) is 8.79. The third-order valence-electron chi connectivity index (χ3n) is 4.30. The first-order valence-corrected chi connectivity index (χ1v) is 11.7. The van der Waals surface area contributed by atoms with Crippen molar-refractivity contribution in [1.82, 2.24) is 0 Å². The van der Waals surface area contributed by atoms with E-state index in [1.807, 2.05) is 0 Å². The third kappa shape index (κ3) is 4.86. The number of nitrogens with one attached hydrogen (secondary N) is 1. The summed E-state index contributed by atoms with van der Waals surface area (Å²) in [6.45, 7) is 5.81. The van der Waals surface area contributed by atoms with Gasteiger partial charge in [-0.15, -0.1) is 11.3 Å². The lowest BCUT2D eigenvalue weighted by atomic mass is 10.1. The van der Waals surface area contributed by atoms with Crippen LogP contribution in [0.1, 0.15) is 38.1 Å². The summed E-state index contributed by atoms with van der Waals surface area (Å²) in [4.78, 5) is 25.7. The Morgan fingerprint density at radius 1 is 1.28 bits per heavy atom. The van der Waals surface area contributed by atoms with Crippen molar-refractivity contribution in [1.29, 1.82) is 0 Å². The maximum Gasteiger partial charge on any atom is 0.341 e. The van der Waals surface area contributed by atoms with Crippen molar-refractivity contribution in [2.45, 2.75) is 19.1 Å². The summed E-state index contributed by atoms with van der Waals surface area (Å²) in [5.74, 6) is -0.529. The smallest absolute Gasteiger partial charge is 0.341 e. The van der Waals surface area contributed by atoms with Gasteiger partial charge in [0.1, 0.15) is 17.4 Å². The maximum atomic E-state index is 12.7. The number of benzene rings is 1. The van der Waals surface area contributed by atoms with Crippen LogP contribution in [0.4, 0.5) is 5.00 Å². The summed E-state index contributed by atoms with van der Waals surface area (Å²) in [6, 6.07) is 6.54. The predicted octanol–water partition coefficient (Wildman–Crippen LogP) is 3.21. The van der Waals surface area contributed by atoms with Gasteiger partial charge in [-0.25, -0.2) is 13.2 Å². The average molecular weight is 436 g/mol. The molecule has 1 aliphatic rings. The first-order valence-electron chi connectivity index (χ1n) is 9.01. The van der Waals surface area contributed by atoms with Crippen LogP contribution in [0.2, 0.25) is 0 Å². The van der Waals surface area contributed by atoms with E-state index in [1.54, 1.807) is 37.3 Å². The summed E-state index contributed by atoms with van der Waals surface area (Å²) in [5, 5.41) is 3.05. The molecule has 0 spiro atoms. The van der Waals surface area contributed by atoms with E-state index in [4.69, 9.17) is 9.47 Å². The first kappa shape index (κ1) is 21.1. The SMILES string of the molecule is C=CCOc1ccc(C(=O)Nc2sc3c(c2C(=O)OCC)CCS(=O)(=O)C3)cc1. The van der Waals surface area contributed by atoms with Crippen LogP contribution < -0.4 is 10.1 Å². The minimum atomic E-state index is -3.21. The van der Waals surface area contributed by atoms with E-state index < -0.39 is 21.7 Å². The van der Waals surface area contributed by atoms with Crippen molar-refractivity contribution >= 4 is 38.1 Å². The summed E-state index contributed by atoms with van der Waals surface area (Å²) < 4.78 is 34.5. The molecule has 1 aromatic heterocycles. The van der Waals surface area contributed by atoms with Crippen molar-refractivity contribution < 1.29 is 27.5 Å². The molecule has 1 aliphatic heterocycles. The first-order chi connectivity index (χ1) is 13.8. The highest BCUT2D eigenvalue weighted by molar-refractivity contribution is 7.90. The quantitative estimate of drug-likeness (QED) is 0.530. The fraction of sp³-hybridized carbons (Fsp3) is 0.300. The number of amides is 1. The van der Waals surface area contributed by atoms with Crippen LogP contribution in [0.15, 0.2) is 36.9 Å². The molecule has 0 saturated heterocycles. The highest BCUT2D eigenvalue weighted by Crippen LogP contribution is 2.38. The van der Waals surface area contributed by atoms with E-state index >= 15 is 0 Å². The number of carbonyl (C=O) groups is 2. The van der Waals surface area contributed by atoms with Gasteiger partial charge in [-0.2, -0.15) is 0 Å². The lowest BCUT2D eigenvalue weighted by Gasteiger charge is -2.13. The number of anilines is 1. The van der Waals surface area contributed by atoms with E-state index in [1.165, 1.54) is 0 Å². The molecule has 1 amide bonds. The fourth-order valence-corrected chi connectivity index (χ4v) is 6.00. The van der Waals surface area contributed by atoms with Gasteiger partial charge in [-0.3, -0.25) is 4.79 Å². The lowest BCUT2D eigenvalue weighted by Crippen LogP contribution is -2.20. The zero-order valence-electron chi connectivity index (χ0n) is 15.9. The minimum Gasteiger partial charge on any atom is -0.490 e. The summed E-state index contributed by atoms with van der Waals surface area (Å²) in [5.41, 5.74) is 1.28. The summed E-state index contributed by atoms with van der Waals surface area (Å²) in [7, 11) is -3.21. The van der Waals surface area contributed by atoms with Crippen molar-refractivity contribution in [3.8, 4) is 5.75 Å². The molecule has 2 aromatic rings. The number of hydrogen-bond acceptors (Lipinski definition) is 7. The standard InChI is InChI=1S/C20H21NO6S2/c1-3-10-27-14-7-5-13(6-8-14)18(22)21-19-17(20(23)26-4-2)15-9-11-29(24,25)12-16(15)28-19/h3,5-8H,1,4,9-12H2,2H3,(H,21,22). The molecule has 3 rings (SSSR count). The van der Waals surface area contributed by atoms with E-state index in [2.05, 4.69) is 11.9 Å². The Hall–Kier alpha value is -2.65. The molecule has 1 aromatic carbocycles. The Kier molecular flexibility index (Phi) is 6.39. The maximum absolute atomic E-state index is 12.7. The van der Waals surface area contributed by atoms with Gasteiger partial charge in [0.25, 0.3) is 5.91 Å². The molecule has 154 valence electrons. The molecule has 0 fully saturated rings. The normalized spacial score (nSPS) is 14.5. The largest absolute Gasteiger partial charge is 0.490 e. The summed E-state index contributed by atoms with van der Waals surface area (Å²) >= 11 is 1.11.